The van der Waals surface area contributed by atoms with Crippen molar-refractivity contribution in [2.24, 2.45) is 0 Å². The number of nitrogens with zero attached hydrogens (tertiary/aromatic N) is 3. The van der Waals surface area contributed by atoms with Crippen LogP contribution in [0.15, 0.2) is 39.1 Å². The SMILES string of the molecule is Brc1cn2ccnc2c(NCc2sccc2Br)n1. The summed E-state index contributed by atoms with van der Waals surface area (Å²) in [7, 11) is 0. The predicted molar refractivity (Wildman–Crippen MR) is 80.0 cm³/mol. The molecule has 3 rings (SSSR count). The second kappa shape index (κ2) is 4.99. The third kappa shape index (κ3) is 2.30. The minimum absolute atomic E-state index is 0.726. The molecule has 0 saturated carbocycles. The third-order valence-electron chi connectivity index (χ3n) is 2.45. The molecule has 0 aliphatic carbocycles. The molecule has 0 radical (unpaired) electrons. The number of fused-ring (bicyclic) bond motifs is 1. The van der Waals surface area contributed by atoms with Gasteiger partial charge in [-0.25, -0.2) is 9.97 Å². The zero-order chi connectivity index (χ0) is 12.5. The Labute approximate surface area is 124 Å². The standard InChI is InChI=1S/C11H8Br2N4S/c12-7-1-4-18-8(7)5-15-10-11-14-2-3-17(11)6-9(13)16-10/h1-4,6H,5H2,(H,15,16). The van der Waals surface area contributed by atoms with Crippen molar-refractivity contribution in [3.63, 3.8) is 0 Å². The van der Waals surface area contributed by atoms with Gasteiger partial charge in [-0.1, -0.05) is 0 Å². The summed E-state index contributed by atoms with van der Waals surface area (Å²) in [6.45, 7) is 0.726. The van der Waals surface area contributed by atoms with Crippen molar-refractivity contribution in [1.29, 1.82) is 0 Å². The highest BCUT2D eigenvalue weighted by molar-refractivity contribution is 9.10. The quantitative estimate of drug-likeness (QED) is 0.740. The molecule has 0 unspecified atom stereocenters. The van der Waals surface area contributed by atoms with Gasteiger partial charge in [0.25, 0.3) is 0 Å². The summed E-state index contributed by atoms with van der Waals surface area (Å²) in [5.41, 5.74) is 0.825. The van der Waals surface area contributed by atoms with E-state index in [4.69, 9.17) is 0 Å². The highest BCUT2D eigenvalue weighted by Crippen LogP contribution is 2.24. The van der Waals surface area contributed by atoms with Crippen LogP contribution in [-0.4, -0.2) is 14.4 Å². The van der Waals surface area contributed by atoms with Crippen LogP contribution >= 0.6 is 43.2 Å². The van der Waals surface area contributed by atoms with E-state index in [2.05, 4.69) is 52.5 Å². The Bertz CT molecular complexity index is 691. The van der Waals surface area contributed by atoms with Gasteiger partial charge in [0, 0.05) is 27.9 Å². The highest BCUT2D eigenvalue weighted by Gasteiger charge is 2.07. The molecule has 4 nitrogen and oxygen atoms in total. The van der Waals surface area contributed by atoms with Crippen LogP contribution < -0.4 is 5.32 Å². The fraction of sp³-hybridized carbons (Fsp3) is 0.0909. The molecule has 0 aliphatic rings. The summed E-state index contributed by atoms with van der Waals surface area (Å²) in [5, 5.41) is 5.37. The van der Waals surface area contributed by atoms with Crippen LogP contribution in [0.25, 0.3) is 5.65 Å². The van der Waals surface area contributed by atoms with Crippen molar-refractivity contribution in [3.05, 3.63) is 44.0 Å². The minimum Gasteiger partial charge on any atom is -0.362 e. The maximum absolute atomic E-state index is 4.41. The van der Waals surface area contributed by atoms with E-state index in [-0.39, 0.29) is 0 Å². The molecular formula is C11H8Br2N4S. The van der Waals surface area contributed by atoms with Crippen LogP contribution in [-0.2, 0) is 6.54 Å². The smallest absolute Gasteiger partial charge is 0.180 e. The van der Waals surface area contributed by atoms with Crippen LogP contribution in [0.5, 0.6) is 0 Å². The first-order valence-electron chi connectivity index (χ1n) is 5.19. The number of rotatable bonds is 3. The van der Waals surface area contributed by atoms with Gasteiger partial charge in [-0.3, -0.25) is 0 Å². The van der Waals surface area contributed by atoms with E-state index in [0.717, 1.165) is 27.1 Å². The lowest BCUT2D eigenvalue weighted by Gasteiger charge is -2.06. The Kier molecular flexibility index (Phi) is 3.36. The first-order chi connectivity index (χ1) is 8.74. The maximum Gasteiger partial charge on any atom is 0.180 e. The molecule has 18 heavy (non-hydrogen) atoms. The number of hydrogen-bond donors (Lipinski definition) is 1. The normalized spacial score (nSPS) is 11.0. The lowest BCUT2D eigenvalue weighted by molar-refractivity contribution is 1.06. The van der Waals surface area contributed by atoms with Gasteiger partial charge in [0.1, 0.15) is 4.60 Å². The van der Waals surface area contributed by atoms with E-state index >= 15 is 0 Å². The van der Waals surface area contributed by atoms with Gasteiger partial charge >= 0.3 is 0 Å². The number of aromatic nitrogens is 3. The molecule has 0 aromatic carbocycles. The molecule has 3 aromatic rings. The van der Waals surface area contributed by atoms with Crippen LogP contribution in [0.4, 0.5) is 5.82 Å². The molecule has 0 saturated heterocycles. The monoisotopic (exact) mass is 386 g/mol. The van der Waals surface area contributed by atoms with Crippen molar-refractivity contribution in [2.45, 2.75) is 6.54 Å². The molecule has 1 N–H and O–H groups in total. The second-order valence-corrected chi connectivity index (χ2v) is 6.28. The van der Waals surface area contributed by atoms with Gasteiger partial charge in [0.05, 0.1) is 6.54 Å². The molecule has 0 fully saturated rings. The largest absolute Gasteiger partial charge is 0.362 e. The minimum atomic E-state index is 0.726. The number of imidazole rings is 1. The van der Waals surface area contributed by atoms with Gasteiger partial charge in [-0.2, -0.15) is 0 Å². The molecule has 0 aliphatic heterocycles. The molecule has 0 amide bonds. The van der Waals surface area contributed by atoms with Crippen molar-refractivity contribution in [1.82, 2.24) is 14.4 Å². The molecule has 7 heteroatoms. The zero-order valence-electron chi connectivity index (χ0n) is 9.10. The summed E-state index contributed by atoms with van der Waals surface area (Å²) in [6, 6.07) is 2.04. The molecule has 92 valence electrons. The van der Waals surface area contributed by atoms with E-state index in [9.17, 15) is 0 Å². The fourth-order valence-corrected chi connectivity index (χ4v) is 3.47. The highest BCUT2D eigenvalue weighted by atomic mass is 79.9. The third-order valence-corrected chi connectivity index (χ3v) is 4.76. The Morgan fingerprint density at radius 1 is 1.39 bits per heavy atom. The van der Waals surface area contributed by atoms with Crippen LogP contribution in [0.1, 0.15) is 4.88 Å². The van der Waals surface area contributed by atoms with Crippen LogP contribution in [0, 0.1) is 0 Å². The summed E-state index contributed by atoms with van der Waals surface area (Å²) < 4.78 is 3.83. The first-order valence-corrected chi connectivity index (χ1v) is 7.65. The van der Waals surface area contributed by atoms with Crippen LogP contribution in [0.3, 0.4) is 0 Å². The van der Waals surface area contributed by atoms with Gasteiger partial charge in [-0.15, -0.1) is 11.3 Å². The fourth-order valence-electron chi connectivity index (χ4n) is 1.63. The lowest BCUT2D eigenvalue weighted by atomic mass is 10.4. The molecule has 3 heterocycles. The molecule has 0 atom stereocenters. The van der Waals surface area contributed by atoms with Crippen molar-refractivity contribution in [3.8, 4) is 0 Å². The first kappa shape index (κ1) is 12.1. The van der Waals surface area contributed by atoms with E-state index in [0.29, 0.717) is 0 Å². The number of hydrogen-bond acceptors (Lipinski definition) is 4. The van der Waals surface area contributed by atoms with Gasteiger partial charge < -0.3 is 9.72 Å². The number of halogens is 2. The lowest BCUT2D eigenvalue weighted by Crippen LogP contribution is -2.03. The number of anilines is 1. The van der Waals surface area contributed by atoms with E-state index < -0.39 is 0 Å². The Hall–Kier alpha value is -0.920. The molecule has 0 spiro atoms. The second-order valence-electron chi connectivity index (χ2n) is 3.62. The average Bonchev–Trinajstić information content (AvgIpc) is 2.94. The van der Waals surface area contributed by atoms with E-state index in [1.807, 2.05) is 22.9 Å². The Balaban J connectivity index is 1.90. The number of thiophene rings is 1. The van der Waals surface area contributed by atoms with Gasteiger partial charge in [-0.05, 0) is 43.3 Å². The van der Waals surface area contributed by atoms with Crippen molar-refractivity contribution >= 4 is 54.7 Å². The molecule has 3 aromatic heterocycles. The predicted octanol–water partition coefficient (Wildman–Crippen LogP) is 3.93. The summed E-state index contributed by atoms with van der Waals surface area (Å²) >= 11 is 8.62. The van der Waals surface area contributed by atoms with Crippen LogP contribution in [0.2, 0.25) is 0 Å². The summed E-state index contributed by atoms with van der Waals surface area (Å²) in [5.74, 6) is 0.773. The van der Waals surface area contributed by atoms with Crippen molar-refractivity contribution < 1.29 is 0 Å². The maximum atomic E-state index is 4.41. The van der Waals surface area contributed by atoms with Crippen molar-refractivity contribution in [2.75, 3.05) is 5.32 Å². The summed E-state index contributed by atoms with van der Waals surface area (Å²) in [6.07, 6.45) is 5.54. The number of nitrogens with one attached hydrogen (secondary N) is 1. The van der Waals surface area contributed by atoms with Gasteiger partial charge in [0.15, 0.2) is 11.5 Å². The topological polar surface area (TPSA) is 42.2 Å². The van der Waals surface area contributed by atoms with Gasteiger partial charge in [0.2, 0.25) is 0 Å². The molecular weight excluding hydrogens is 380 g/mol. The Morgan fingerprint density at radius 3 is 3.06 bits per heavy atom. The van der Waals surface area contributed by atoms with E-state index in [1.54, 1.807) is 17.5 Å². The summed E-state index contributed by atoms with van der Waals surface area (Å²) in [4.78, 5) is 9.94. The zero-order valence-corrected chi connectivity index (χ0v) is 13.1. The van der Waals surface area contributed by atoms with E-state index in [1.165, 1.54) is 4.88 Å². The molecule has 0 bridgehead atoms. The average molecular weight is 388 g/mol. The Morgan fingerprint density at radius 2 is 2.28 bits per heavy atom.